The quantitative estimate of drug-likeness (QED) is 0.464. The summed E-state index contributed by atoms with van der Waals surface area (Å²) in [6.45, 7) is 0.467. The van der Waals surface area contributed by atoms with Crippen LogP contribution in [0.25, 0.3) is 21.9 Å². The molecule has 2 aromatic carbocycles. The van der Waals surface area contributed by atoms with Crippen LogP contribution in [0, 0.1) is 0 Å². The summed E-state index contributed by atoms with van der Waals surface area (Å²) in [6.07, 6.45) is 2.34. The monoisotopic (exact) mass is 419 g/mol. The van der Waals surface area contributed by atoms with Crippen LogP contribution in [0.3, 0.4) is 0 Å². The van der Waals surface area contributed by atoms with Gasteiger partial charge in [-0.15, -0.1) is 11.8 Å². The highest BCUT2D eigenvalue weighted by atomic mass is 32.2. The number of amides is 2. The van der Waals surface area contributed by atoms with Gasteiger partial charge in [0.15, 0.2) is 0 Å². The topological polar surface area (TPSA) is 93.9 Å². The first-order chi connectivity index (χ1) is 14.7. The third kappa shape index (κ3) is 3.43. The molecule has 152 valence electrons. The summed E-state index contributed by atoms with van der Waals surface area (Å²) < 4.78 is 0. The number of para-hydroxylation sites is 3. The van der Waals surface area contributed by atoms with Gasteiger partial charge in [-0.1, -0.05) is 30.3 Å². The number of fused-ring (bicyclic) bond motifs is 2. The first kappa shape index (κ1) is 18.7. The number of rotatable bonds is 5. The van der Waals surface area contributed by atoms with Crippen molar-refractivity contribution in [2.24, 2.45) is 0 Å². The number of nitrogens with one attached hydrogen (secondary N) is 3. The largest absolute Gasteiger partial charge is 0.360 e. The highest BCUT2D eigenvalue weighted by molar-refractivity contribution is 7.99. The lowest BCUT2D eigenvalue weighted by Crippen LogP contribution is -2.47. The molecule has 0 bridgehead atoms. The number of hydrogen-bond acceptors (Lipinski definition) is 4. The zero-order valence-corrected chi connectivity index (χ0v) is 17.0. The van der Waals surface area contributed by atoms with E-state index in [1.807, 2.05) is 48.5 Å². The van der Waals surface area contributed by atoms with Gasteiger partial charge in [-0.2, -0.15) is 0 Å². The number of carbonyl (C=O) groups excluding carboxylic acids is 2. The van der Waals surface area contributed by atoms with Gasteiger partial charge in [0, 0.05) is 35.8 Å². The zero-order valence-electron chi connectivity index (χ0n) is 16.2. The second-order valence-corrected chi connectivity index (χ2v) is 8.28. The molecule has 1 aliphatic rings. The highest BCUT2D eigenvalue weighted by Crippen LogP contribution is 2.26. The Labute approximate surface area is 177 Å². The maximum absolute atomic E-state index is 13.1. The molecule has 0 radical (unpaired) electrons. The van der Waals surface area contributed by atoms with Gasteiger partial charge in [-0.3, -0.25) is 9.59 Å². The van der Waals surface area contributed by atoms with Gasteiger partial charge < -0.3 is 20.2 Å². The van der Waals surface area contributed by atoms with E-state index >= 15 is 0 Å². The molecule has 30 heavy (non-hydrogen) atoms. The average Bonchev–Trinajstić information content (AvgIpc) is 3.50. The SMILES string of the molecule is O=C(NCCc1nc2ccccc2[nH]1)C1CSCN1C(=O)c1c[nH]c2ccccc12. The molecular formula is C22H21N5O2S. The lowest BCUT2D eigenvalue weighted by Gasteiger charge is -2.22. The molecule has 1 aliphatic heterocycles. The predicted octanol–water partition coefficient (Wildman–Crippen LogP) is 2.92. The molecule has 1 fully saturated rings. The van der Waals surface area contributed by atoms with Crippen LogP contribution in [0.5, 0.6) is 0 Å². The molecule has 3 heterocycles. The van der Waals surface area contributed by atoms with E-state index in [9.17, 15) is 9.59 Å². The number of hydrogen-bond donors (Lipinski definition) is 3. The third-order valence-electron chi connectivity index (χ3n) is 5.36. The summed E-state index contributed by atoms with van der Waals surface area (Å²) in [5, 5.41) is 3.85. The minimum Gasteiger partial charge on any atom is -0.360 e. The van der Waals surface area contributed by atoms with E-state index in [2.05, 4.69) is 20.3 Å². The van der Waals surface area contributed by atoms with Crippen molar-refractivity contribution in [3.05, 3.63) is 66.1 Å². The molecule has 3 N–H and O–H groups in total. The van der Waals surface area contributed by atoms with Crippen LogP contribution >= 0.6 is 11.8 Å². The van der Waals surface area contributed by atoms with Crippen LogP contribution in [-0.2, 0) is 11.2 Å². The number of aromatic nitrogens is 3. The molecular weight excluding hydrogens is 398 g/mol. The van der Waals surface area contributed by atoms with E-state index in [1.54, 1.807) is 22.9 Å². The molecule has 8 heteroatoms. The molecule has 5 rings (SSSR count). The van der Waals surface area contributed by atoms with Gasteiger partial charge in [0.25, 0.3) is 5.91 Å². The maximum Gasteiger partial charge on any atom is 0.257 e. The molecule has 7 nitrogen and oxygen atoms in total. The van der Waals surface area contributed by atoms with Crippen molar-refractivity contribution in [2.45, 2.75) is 12.5 Å². The van der Waals surface area contributed by atoms with Crippen molar-refractivity contribution in [1.29, 1.82) is 0 Å². The number of H-pyrrole nitrogens is 2. The fourth-order valence-electron chi connectivity index (χ4n) is 3.81. The van der Waals surface area contributed by atoms with Crippen LogP contribution in [0.4, 0.5) is 0 Å². The predicted molar refractivity (Wildman–Crippen MR) is 118 cm³/mol. The molecule has 0 saturated carbocycles. The normalized spacial score (nSPS) is 16.4. The number of thioether (sulfide) groups is 1. The Morgan fingerprint density at radius 1 is 1.13 bits per heavy atom. The van der Waals surface area contributed by atoms with Gasteiger partial charge >= 0.3 is 0 Å². The average molecular weight is 420 g/mol. The first-order valence-corrected chi connectivity index (χ1v) is 11.0. The van der Waals surface area contributed by atoms with Crippen molar-refractivity contribution in [3.8, 4) is 0 Å². The third-order valence-corrected chi connectivity index (χ3v) is 6.38. The molecule has 4 aromatic rings. The van der Waals surface area contributed by atoms with Crippen LogP contribution in [-0.4, -0.2) is 55.9 Å². The van der Waals surface area contributed by atoms with Gasteiger partial charge in [-0.05, 0) is 18.2 Å². The van der Waals surface area contributed by atoms with E-state index in [4.69, 9.17) is 0 Å². The number of imidazole rings is 1. The van der Waals surface area contributed by atoms with Crippen molar-refractivity contribution in [3.63, 3.8) is 0 Å². The summed E-state index contributed by atoms with van der Waals surface area (Å²) in [5.41, 5.74) is 3.43. The number of benzene rings is 2. The van der Waals surface area contributed by atoms with Crippen LogP contribution in [0.1, 0.15) is 16.2 Å². The van der Waals surface area contributed by atoms with Gasteiger partial charge in [-0.25, -0.2) is 4.98 Å². The van der Waals surface area contributed by atoms with E-state index < -0.39 is 6.04 Å². The van der Waals surface area contributed by atoms with Crippen molar-refractivity contribution in [2.75, 3.05) is 18.2 Å². The molecule has 2 amide bonds. The minimum absolute atomic E-state index is 0.116. The number of carbonyl (C=O) groups is 2. The molecule has 0 aliphatic carbocycles. The molecule has 1 unspecified atom stereocenters. The van der Waals surface area contributed by atoms with Crippen LogP contribution < -0.4 is 5.32 Å². The summed E-state index contributed by atoms with van der Waals surface area (Å²) in [5.74, 6) is 1.72. The standard InChI is InChI=1S/C22H21N5O2S/c28-21(23-10-9-20-25-17-7-3-4-8-18(17)26-20)19-12-30-13-27(19)22(29)15-11-24-16-6-2-1-5-14(15)16/h1-8,11,19,24H,9-10,12-13H2,(H,23,28)(H,25,26). The smallest absolute Gasteiger partial charge is 0.257 e. The van der Waals surface area contributed by atoms with Gasteiger partial charge in [0.05, 0.1) is 22.5 Å². The Morgan fingerprint density at radius 2 is 1.93 bits per heavy atom. The fourth-order valence-corrected chi connectivity index (χ4v) is 4.96. The van der Waals surface area contributed by atoms with Crippen molar-refractivity contribution < 1.29 is 9.59 Å². The highest BCUT2D eigenvalue weighted by Gasteiger charge is 2.35. The Hall–Kier alpha value is -3.26. The minimum atomic E-state index is -0.466. The van der Waals surface area contributed by atoms with E-state index in [0.29, 0.717) is 30.2 Å². The molecule has 0 spiro atoms. The van der Waals surface area contributed by atoms with Crippen molar-refractivity contribution >= 4 is 45.5 Å². The Bertz CT molecular complexity index is 1200. The van der Waals surface area contributed by atoms with Gasteiger partial charge in [0.1, 0.15) is 11.9 Å². The first-order valence-electron chi connectivity index (χ1n) is 9.87. The van der Waals surface area contributed by atoms with E-state index in [1.165, 1.54) is 0 Å². The maximum atomic E-state index is 13.1. The second kappa shape index (κ2) is 7.87. The van der Waals surface area contributed by atoms with Crippen molar-refractivity contribution in [1.82, 2.24) is 25.2 Å². The Morgan fingerprint density at radius 3 is 2.80 bits per heavy atom. The van der Waals surface area contributed by atoms with Gasteiger partial charge in [0.2, 0.25) is 5.91 Å². The second-order valence-electron chi connectivity index (χ2n) is 7.28. The summed E-state index contributed by atoms with van der Waals surface area (Å²) in [6, 6.07) is 15.1. The Kier molecular flexibility index (Phi) is 4.92. The van der Waals surface area contributed by atoms with E-state index in [0.717, 1.165) is 27.8 Å². The molecule has 1 saturated heterocycles. The van der Waals surface area contributed by atoms with E-state index in [-0.39, 0.29) is 11.8 Å². The van der Waals surface area contributed by atoms with Crippen LogP contribution in [0.2, 0.25) is 0 Å². The zero-order chi connectivity index (χ0) is 20.5. The lowest BCUT2D eigenvalue weighted by molar-refractivity contribution is -0.124. The number of aromatic amines is 2. The molecule has 1 atom stereocenters. The van der Waals surface area contributed by atoms with Crippen LogP contribution in [0.15, 0.2) is 54.7 Å². The summed E-state index contributed by atoms with van der Waals surface area (Å²) in [4.78, 5) is 38.5. The Balaban J connectivity index is 1.24. The summed E-state index contributed by atoms with van der Waals surface area (Å²) in [7, 11) is 0. The lowest BCUT2D eigenvalue weighted by atomic mass is 10.1. The fraction of sp³-hybridized carbons (Fsp3) is 0.227. The number of nitrogens with zero attached hydrogens (tertiary/aromatic N) is 2. The summed E-state index contributed by atoms with van der Waals surface area (Å²) >= 11 is 1.60. The molecule has 2 aromatic heterocycles.